The van der Waals surface area contributed by atoms with E-state index in [0.29, 0.717) is 24.4 Å². The molecule has 0 aromatic heterocycles. The molecule has 1 saturated heterocycles. The van der Waals surface area contributed by atoms with Crippen molar-refractivity contribution in [2.45, 2.75) is 6.42 Å². The van der Waals surface area contributed by atoms with Crippen LogP contribution in [0.3, 0.4) is 0 Å². The zero-order valence-electron chi connectivity index (χ0n) is 11.6. The highest BCUT2D eigenvalue weighted by atomic mass is 32.2. The second kappa shape index (κ2) is 6.31. The Hall–Kier alpha value is -1.80. The summed E-state index contributed by atoms with van der Waals surface area (Å²) in [7, 11) is -3.45. The van der Waals surface area contributed by atoms with Gasteiger partial charge in [-0.2, -0.15) is 0 Å². The molecule has 0 spiro atoms. The van der Waals surface area contributed by atoms with Crippen LogP contribution in [0.5, 0.6) is 5.75 Å². The largest absolute Gasteiger partial charge is 0.490 e. The number of nitrogens with zero attached hydrogens (tertiary/aromatic N) is 1. The maximum Gasteiger partial charge on any atom is 0.221 e. The lowest BCUT2D eigenvalue weighted by Gasteiger charge is -2.16. The molecule has 1 atom stereocenters. The summed E-state index contributed by atoms with van der Waals surface area (Å²) >= 11 is 0. The predicted octanol–water partition coefficient (Wildman–Crippen LogP) is -0.215. The van der Waals surface area contributed by atoms with E-state index in [1.807, 2.05) is 0 Å². The fourth-order valence-electron chi connectivity index (χ4n) is 2.21. The molecule has 1 aliphatic rings. The number of para-hydroxylation sites is 2. The minimum absolute atomic E-state index is 0.00822. The molecule has 0 aliphatic carbocycles. The number of carbonyl (C=O) groups excluding carboxylic acids is 1. The summed E-state index contributed by atoms with van der Waals surface area (Å²) in [5.74, 6) is -0.553. The lowest BCUT2D eigenvalue weighted by atomic mass is 10.1. The number of primary amides is 1. The molecule has 0 radical (unpaired) electrons. The molecular formula is C13H19N3O4S. The number of hydrogen-bond acceptors (Lipinski definition) is 5. The summed E-state index contributed by atoms with van der Waals surface area (Å²) in [6.45, 7) is 0.489. The first-order chi connectivity index (χ1) is 9.90. The van der Waals surface area contributed by atoms with Crippen LogP contribution < -0.4 is 16.2 Å². The smallest absolute Gasteiger partial charge is 0.221 e. The van der Waals surface area contributed by atoms with Gasteiger partial charge in [-0.15, -0.1) is 0 Å². The highest BCUT2D eigenvalue weighted by Gasteiger charge is 2.33. The molecule has 7 nitrogen and oxygen atoms in total. The third kappa shape index (κ3) is 3.85. The topological polar surface area (TPSA) is 116 Å². The van der Waals surface area contributed by atoms with Gasteiger partial charge in [0, 0.05) is 13.1 Å². The van der Waals surface area contributed by atoms with Crippen molar-refractivity contribution in [1.29, 1.82) is 0 Å². The molecule has 0 bridgehead atoms. The molecular weight excluding hydrogens is 294 g/mol. The number of nitrogens with two attached hydrogens (primary N) is 2. The quantitative estimate of drug-likeness (QED) is 0.705. The van der Waals surface area contributed by atoms with E-state index < -0.39 is 21.8 Å². The highest BCUT2D eigenvalue weighted by Crippen LogP contribution is 2.21. The Balaban J connectivity index is 1.88. The maximum atomic E-state index is 12.1. The molecule has 0 saturated carbocycles. The second-order valence-electron chi connectivity index (χ2n) is 4.95. The van der Waals surface area contributed by atoms with Crippen LogP contribution in [0.25, 0.3) is 0 Å². The molecule has 1 heterocycles. The summed E-state index contributed by atoms with van der Waals surface area (Å²) in [6, 6.07) is 6.90. The van der Waals surface area contributed by atoms with Gasteiger partial charge in [-0.1, -0.05) is 12.1 Å². The zero-order chi connectivity index (χ0) is 15.5. The number of nitrogen functional groups attached to an aromatic ring is 1. The number of rotatable bonds is 6. The highest BCUT2D eigenvalue weighted by molar-refractivity contribution is 7.89. The van der Waals surface area contributed by atoms with Crippen LogP contribution in [-0.4, -0.2) is 44.1 Å². The van der Waals surface area contributed by atoms with Crippen molar-refractivity contribution in [3.63, 3.8) is 0 Å². The Morgan fingerprint density at radius 1 is 1.38 bits per heavy atom. The van der Waals surface area contributed by atoms with Crippen molar-refractivity contribution in [3.05, 3.63) is 24.3 Å². The molecule has 1 fully saturated rings. The van der Waals surface area contributed by atoms with Gasteiger partial charge in [-0.25, -0.2) is 12.7 Å². The number of benzene rings is 1. The molecule has 1 unspecified atom stereocenters. The Morgan fingerprint density at radius 3 is 2.71 bits per heavy atom. The second-order valence-corrected chi connectivity index (χ2v) is 7.04. The van der Waals surface area contributed by atoms with Crippen LogP contribution in [0.2, 0.25) is 0 Å². The van der Waals surface area contributed by atoms with Crippen molar-refractivity contribution in [2.24, 2.45) is 11.7 Å². The van der Waals surface area contributed by atoms with Gasteiger partial charge in [0.1, 0.15) is 12.4 Å². The fourth-order valence-corrected chi connectivity index (χ4v) is 3.55. The van der Waals surface area contributed by atoms with Gasteiger partial charge in [0.15, 0.2) is 0 Å². The van der Waals surface area contributed by atoms with E-state index in [2.05, 4.69) is 0 Å². The lowest BCUT2D eigenvalue weighted by molar-refractivity contribution is -0.121. The molecule has 1 aromatic rings. The Kier molecular flexibility index (Phi) is 4.69. The van der Waals surface area contributed by atoms with Crippen LogP contribution >= 0.6 is 0 Å². The Morgan fingerprint density at radius 2 is 2.10 bits per heavy atom. The van der Waals surface area contributed by atoms with Crippen LogP contribution in [0.1, 0.15) is 6.42 Å². The van der Waals surface area contributed by atoms with Gasteiger partial charge in [0.05, 0.1) is 17.4 Å². The lowest BCUT2D eigenvalue weighted by Crippen LogP contribution is -2.34. The number of ether oxygens (including phenoxy) is 1. The first-order valence-electron chi connectivity index (χ1n) is 6.64. The first kappa shape index (κ1) is 15.6. The van der Waals surface area contributed by atoms with E-state index in [4.69, 9.17) is 16.2 Å². The molecule has 1 aliphatic heterocycles. The predicted molar refractivity (Wildman–Crippen MR) is 79.0 cm³/mol. The van der Waals surface area contributed by atoms with Gasteiger partial charge < -0.3 is 16.2 Å². The number of amides is 1. The monoisotopic (exact) mass is 313 g/mol. The molecule has 2 rings (SSSR count). The van der Waals surface area contributed by atoms with Crippen LogP contribution in [0.4, 0.5) is 5.69 Å². The van der Waals surface area contributed by atoms with Gasteiger partial charge in [-0.3, -0.25) is 4.79 Å². The standard InChI is InChI=1S/C13H19N3O4S/c14-11-3-1-2-4-12(11)20-7-8-21(18,19)16-6-5-10(9-16)13(15)17/h1-4,10H,5-9,14H2,(H2,15,17). The van der Waals surface area contributed by atoms with Gasteiger partial charge in [0.2, 0.25) is 15.9 Å². The number of hydrogen-bond donors (Lipinski definition) is 2. The average Bonchev–Trinajstić information content (AvgIpc) is 2.91. The number of carbonyl (C=O) groups is 1. The van der Waals surface area contributed by atoms with E-state index in [1.165, 1.54) is 4.31 Å². The SMILES string of the molecule is NC(=O)C1CCN(S(=O)(=O)CCOc2ccccc2N)C1. The minimum Gasteiger partial charge on any atom is -0.490 e. The summed E-state index contributed by atoms with van der Waals surface area (Å²) in [6.07, 6.45) is 0.473. The normalized spacial score (nSPS) is 19.5. The molecule has 8 heteroatoms. The van der Waals surface area contributed by atoms with E-state index in [1.54, 1.807) is 24.3 Å². The van der Waals surface area contributed by atoms with Crippen molar-refractivity contribution in [3.8, 4) is 5.75 Å². The maximum absolute atomic E-state index is 12.1. The van der Waals surface area contributed by atoms with Crippen molar-refractivity contribution < 1.29 is 17.9 Å². The molecule has 21 heavy (non-hydrogen) atoms. The number of sulfonamides is 1. The molecule has 116 valence electrons. The van der Waals surface area contributed by atoms with Crippen LogP contribution in [-0.2, 0) is 14.8 Å². The van der Waals surface area contributed by atoms with E-state index in [9.17, 15) is 13.2 Å². The number of anilines is 1. The minimum atomic E-state index is -3.45. The fraction of sp³-hybridized carbons (Fsp3) is 0.462. The Labute approximate surface area is 123 Å². The Bertz CT molecular complexity index is 618. The summed E-state index contributed by atoms with van der Waals surface area (Å²) in [5, 5.41) is 0. The van der Waals surface area contributed by atoms with E-state index in [0.717, 1.165) is 0 Å². The average molecular weight is 313 g/mol. The van der Waals surface area contributed by atoms with Gasteiger partial charge in [0.25, 0.3) is 0 Å². The summed E-state index contributed by atoms with van der Waals surface area (Å²) < 4.78 is 31.0. The van der Waals surface area contributed by atoms with Crippen molar-refractivity contribution in [1.82, 2.24) is 4.31 Å². The third-order valence-corrected chi connectivity index (χ3v) is 5.27. The van der Waals surface area contributed by atoms with Gasteiger partial charge >= 0.3 is 0 Å². The van der Waals surface area contributed by atoms with E-state index in [-0.39, 0.29) is 18.9 Å². The van der Waals surface area contributed by atoms with Crippen molar-refractivity contribution >= 4 is 21.6 Å². The molecule has 1 amide bonds. The van der Waals surface area contributed by atoms with Crippen LogP contribution in [0, 0.1) is 5.92 Å². The molecule has 4 N–H and O–H groups in total. The molecule has 1 aromatic carbocycles. The van der Waals surface area contributed by atoms with E-state index >= 15 is 0 Å². The third-order valence-electron chi connectivity index (χ3n) is 3.46. The van der Waals surface area contributed by atoms with Gasteiger partial charge in [-0.05, 0) is 18.6 Å². The van der Waals surface area contributed by atoms with Crippen LogP contribution in [0.15, 0.2) is 24.3 Å². The zero-order valence-corrected chi connectivity index (χ0v) is 12.4. The van der Waals surface area contributed by atoms with Crippen molar-refractivity contribution in [2.75, 3.05) is 31.2 Å². The summed E-state index contributed by atoms with van der Waals surface area (Å²) in [5.41, 5.74) is 11.4. The summed E-state index contributed by atoms with van der Waals surface area (Å²) in [4.78, 5) is 11.1. The first-order valence-corrected chi connectivity index (χ1v) is 8.25.